The summed E-state index contributed by atoms with van der Waals surface area (Å²) in [5.41, 5.74) is 13.4. The molecule has 1 aromatic heterocycles. The molecule has 5 nitrogen and oxygen atoms in total. The van der Waals surface area contributed by atoms with Crippen molar-refractivity contribution in [3.63, 3.8) is 0 Å². The molecule has 0 unspecified atom stereocenters. The van der Waals surface area contributed by atoms with Crippen LogP contribution in [0.4, 0.5) is 0 Å². The van der Waals surface area contributed by atoms with Crippen LogP contribution in [-0.2, 0) is 13.0 Å². The van der Waals surface area contributed by atoms with E-state index < -0.39 is 5.97 Å². The predicted octanol–water partition coefficient (Wildman–Crippen LogP) is 1.19. The first-order chi connectivity index (χ1) is 9.19. The molecule has 19 heavy (non-hydrogen) atoms. The van der Waals surface area contributed by atoms with E-state index in [4.69, 9.17) is 11.5 Å². The molecule has 0 aliphatic rings. The molecule has 5 heteroatoms. The maximum atomic E-state index is 11.3. The molecule has 1 heterocycles. The Bertz CT molecular complexity index is 590. The van der Waals surface area contributed by atoms with Gasteiger partial charge in [-0.3, -0.25) is 0 Å². The first-order valence-electron chi connectivity index (χ1n) is 6.43. The highest BCUT2D eigenvalue weighted by molar-refractivity contribution is 6.04. The first-order valence-corrected chi connectivity index (χ1v) is 6.43. The first kappa shape index (κ1) is 13.6. The summed E-state index contributed by atoms with van der Waals surface area (Å²) in [5.74, 6) is -0.902. The largest absolute Gasteiger partial charge is 0.478 e. The monoisotopic (exact) mass is 261 g/mol. The predicted molar refractivity (Wildman–Crippen MR) is 75.3 cm³/mol. The van der Waals surface area contributed by atoms with Crippen molar-refractivity contribution in [1.29, 1.82) is 0 Å². The van der Waals surface area contributed by atoms with Crippen LogP contribution in [0.2, 0.25) is 0 Å². The Hall–Kier alpha value is -1.85. The highest BCUT2D eigenvalue weighted by Crippen LogP contribution is 2.26. The van der Waals surface area contributed by atoms with Gasteiger partial charge in [0.1, 0.15) is 0 Å². The van der Waals surface area contributed by atoms with Gasteiger partial charge in [-0.05, 0) is 43.6 Å². The molecule has 0 radical (unpaired) electrons. The summed E-state index contributed by atoms with van der Waals surface area (Å²) < 4.78 is 2.07. The Labute approximate surface area is 111 Å². The van der Waals surface area contributed by atoms with Gasteiger partial charge >= 0.3 is 5.97 Å². The van der Waals surface area contributed by atoms with Crippen molar-refractivity contribution in [3.8, 4) is 0 Å². The van der Waals surface area contributed by atoms with Crippen LogP contribution in [0.3, 0.4) is 0 Å². The molecule has 0 amide bonds. The maximum absolute atomic E-state index is 11.3. The molecular weight excluding hydrogens is 242 g/mol. The molecule has 0 fully saturated rings. The number of carboxylic acid groups (broad SMARTS) is 1. The molecule has 0 aliphatic heterocycles. The second-order valence-corrected chi connectivity index (χ2v) is 4.53. The molecule has 2 aromatic rings. The zero-order valence-electron chi connectivity index (χ0n) is 10.8. The van der Waals surface area contributed by atoms with Gasteiger partial charge in [-0.25, -0.2) is 4.79 Å². The topological polar surface area (TPSA) is 94.3 Å². The van der Waals surface area contributed by atoms with Crippen LogP contribution in [0.5, 0.6) is 0 Å². The van der Waals surface area contributed by atoms with Crippen LogP contribution in [0, 0.1) is 0 Å². The molecule has 0 saturated heterocycles. The van der Waals surface area contributed by atoms with Gasteiger partial charge in [-0.1, -0.05) is 6.07 Å². The van der Waals surface area contributed by atoms with E-state index in [1.54, 1.807) is 12.1 Å². The number of nitrogens with zero attached hydrogens (tertiary/aromatic N) is 1. The third kappa shape index (κ3) is 2.62. The lowest BCUT2D eigenvalue weighted by molar-refractivity contribution is 0.0699. The summed E-state index contributed by atoms with van der Waals surface area (Å²) in [6.45, 7) is 1.91. The van der Waals surface area contributed by atoms with E-state index in [1.807, 2.05) is 12.3 Å². The van der Waals surface area contributed by atoms with Crippen LogP contribution < -0.4 is 11.5 Å². The Kier molecular flexibility index (Phi) is 4.19. The van der Waals surface area contributed by atoms with E-state index in [1.165, 1.54) is 0 Å². The van der Waals surface area contributed by atoms with Crippen LogP contribution in [0.15, 0.2) is 24.4 Å². The summed E-state index contributed by atoms with van der Waals surface area (Å²) in [6.07, 6.45) is 3.54. The quantitative estimate of drug-likeness (QED) is 0.728. The van der Waals surface area contributed by atoms with Gasteiger partial charge in [0.25, 0.3) is 0 Å². The lowest BCUT2D eigenvalue weighted by atomic mass is 10.0. The van der Waals surface area contributed by atoms with Gasteiger partial charge in [-0.15, -0.1) is 0 Å². The fourth-order valence-corrected chi connectivity index (χ4v) is 2.41. The summed E-state index contributed by atoms with van der Waals surface area (Å²) in [7, 11) is 0. The van der Waals surface area contributed by atoms with Crippen molar-refractivity contribution in [2.75, 3.05) is 13.1 Å². The van der Waals surface area contributed by atoms with Crippen molar-refractivity contribution in [2.45, 2.75) is 19.4 Å². The summed E-state index contributed by atoms with van der Waals surface area (Å²) >= 11 is 0. The number of hydrogen-bond donors (Lipinski definition) is 3. The van der Waals surface area contributed by atoms with Crippen LogP contribution in [-0.4, -0.2) is 28.7 Å². The number of aromatic nitrogens is 1. The molecule has 0 bridgehead atoms. The van der Waals surface area contributed by atoms with E-state index in [9.17, 15) is 9.90 Å². The molecule has 5 N–H and O–H groups in total. The lowest BCUT2D eigenvalue weighted by Gasteiger charge is -2.04. The van der Waals surface area contributed by atoms with Crippen molar-refractivity contribution in [1.82, 2.24) is 4.57 Å². The number of carboxylic acids is 1. The third-order valence-electron chi connectivity index (χ3n) is 3.23. The second kappa shape index (κ2) is 5.86. The van der Waals surface area contributed by atoms with E-state index in [0.29, 0.717) is 25.1 Å². The van der Waals surface area contributed by atoms with Crippen LogP contribution in [0.1, 0.15) is 22.3 Å². The maximum Gasteiger partial charge on any atom is 0.336 e. The molecular formula is C14H19N3O2. The average Bonchev–Trinajstić information content (AvgIpc) is 2.75. The molecule has 0 spiro atoms. The van der Waals surface area contributed by atoms with Crippen LogP contribution >= 0.6 is 0 Å². The van der Waals surface area contributed by atoms with Crippen LogP contribution in [0.25, 0.3) is 10.9 Å². The van der Waals surface area contributed by atoms with E-state index in [2.05, 4.69) is 4.57 Å². The smallest absolute Gasteiger partial charge is 0.336 e. The zero-order valence-corrected chi connectivity index (χ0v) is 10.8. The standard InChI is InChI=1S/C14H19N3O2/c15-6-2-8-17-9-10(5-7-16)13-11(14(18)19)3-1-4-12(13)17/h1,3-4,9H,2,5-8,15-16H2,(H,18,19). The number of aryl methyl sites for hydroxylation is 1. The van der Waals surface area contributed by atoms with Crippen molar-refractivity contribution in [2.24, 2.45) is 11.5 Å². The number of benzene rings is 1. The minimum absolute atomic E-state index is 0.340. The van der Waals surface area contributed by atoms with Gasteiger partial charge < -0.3 is 21.1 Å². The summed E-state index contributed by atoms with van der Waals surface area (Å²) in [6, 6.07) is 5.35. The SMILES string of the molecule is NCCCn1cc(CCN)c2c(C(=O)O)cccc21. The third-order valence-corrected chi connectivity index (χ3v) is 3.23. The van der Waals surface area contributed by atoms with Gasteiger partial charge in [0, 0.05) is 23.6 Å². The van der Waals surface area contributed by atoms with E-state index >= 15 is 0 Å². The zero-order chi connectivity index (χ0) is 13.8. The Balaban J connectivity index is 2.60. The number of hydrogen-bond acceptors (Lipinski definition) is 3. The number of aromatic carboxylic acids is 1. The Morgan fingerprint density at radius 1 is 1.26 bits per heavy atom. The normalized spacial score (nSPS) is 11.1. The minimum Gasteiger partial charge on any atom is -0.478 e. The minimum atomic E-state index is -0.902. The molecule has 2 rings (SSSR count). The number of rotatable bonds is 6. The van der Waals surface area contributed by atoms with Crippen molar-refractivity contribution >= 4 is 16.9 Å². The number of nitrogens with two attached hydrogens (primary N) is 2. The Morgan fingerprint density at radius 3 is 2.68 bits per heavy atom. The molecule has 0 aliphatic carbocycles. The number of fused-ring (bicyclic) bond motifs is 1. The fourth-order valence-electron chi connectivity index (χ4n) is 2.41. The second-order valence-electron chi connectivity index (χ2n) is 4.53. The van der Waals surface area contributed by atoms with Gasteiger partial charge in [0.15, 0.2) is 0 Å². The van der Waals surface area contributed by atoms with Crippen molar-refractivity contribution in [3.05, 3.63) is 35.5 Å². The van der Waals surface area contributed by atoms with Crippen molar-refractivity contribution < 1.29 is 9.90 Å². The van der Waals surface area contributed by atoms with Gasteiger partial charge in [0.05, 0.1) is 5.56 Å². The molecule has 1 aromatic carbocycles. The highest BCUT2D eigenvalue weighted by Gasteiger charge is 2.15. The van der Waals surface area contributed by atoms with Gasteiger partial charge in [0.2, 0.25) is 0 Å². The highest BCUT2D eigenvalue weighted by atomic mass is 16.4. The van der Waals surface area contributed by atoms with E-state index in [-0.39, 0.29) is 0 Å². The molecule has 102 valence electrons. The van der Waals surface area contributed by atoms with Gasteiger partial charge in [-0.2, -0.15) is 0 Å². The average molecular weight is 261 g/mol. The summed E-state index contributed by atoms with van der Waals surface area (Å²) in [5, 5.41) is 10.1. The molecule has 0 saturated carbocycles. The fraction of sp³-hybridized carbons (Fsp3) is 0.357. The number of carbonyl (C=O) groups is 1. The van der Waals surface area contributed by atoms with E-state index in [0.717, 1.165) is 29.4 Å². The lowest BCUT2D eigenvalue weighted by Crippen LogP contribution is -2.05. The molecule has 0 atom stereocenters. The summed E-state index contributed by atoms with van der Waals surface area (Å²) in [4.78, 5) is 11.3. The Morgan fingerprint density at radius 2 is 2.05 bits per heavy atom.